The van der Waals surface area contributed by atoms with Gasteiger partial charge >= 0.3 is 109 Å². The SMILES string of the molecule is C.C=C.C=C1CC(COC(=O)C=C(C)C)C1(C)C.C=C1CC(COS(C)(=O)=O)C1(C)C.O=CO[O-].[H-].[K+].[K+]. The van der Waals surface area contributed by atoms with Crippen molar-refractivity contribution in [3.05, 3.63) is 49.1 Å². The summed E-state index contributed by atoms with van der Waals surface area (Å²) in [5.41, 5.74) is 3.56. The summed E-state index contributed by atoms with van der Waals surface area (Å²) in [6.45, 7) is 26.7. The van der Waals surface area contributed by atoms with E-state index in [4.69, 9.17) is 19.0 Å². The third kappa shape index (κ3) is 18.9. The summed E-state index contributed by atoms with van der Waals surface area (Å²) in [6, 6.07) is 0. The molecule has 2 rings (SSSR count). The second kappa shape index (κ2) is 22.7. The van der Waals surface area contributed by atoms with E-state index < -0.39 is 10.1 Å². The van der Waals surface area contributed by atoms with Gasteiger partial charge in [-0.25, -0.2) is 4.79 Å². The fourth-order valence-electron chi connectivity index (χ4n) is 3.15. The zero-order chi connectivity index (χ0) is 27.3. The first-order chi connectivity index (χ1) is 15.5. The van der Waals surface area contributed by atoms with Crippen LogP contribution in [0.4, 0.5) is 0 Å². The maximum atomic E-state index is 11.3. The Morgan fingerprint density at radius 1 is 1.03 bits per heavy atom. The smallest absolute Gasteiger partial charge is 1.00 e. The quantitative estimate of drug-likeness (QED) is 0.0518. The van der Waals surface area contributed by atoms with Gasteiger partial charge in [-0.2, -0.15) is 8.42 Å². The van der Waals surface area contributed by atoms with Gasteiger partial charge in [0.25, 0.3) is 16.6 Å². The molecule has 0 aromatic heterocycles. The van der Waals surface area contributed by atoms with Crippen LogP contribution in [0.15, 0.2) is 49.1 Å². The average molecular weight is 597 g/mol. The summed E-state index contributed by atoms with van der Waals surface area (Å²) in [7, 11) is -3.29. The van der Waals surface area contributed by atoms with E-state index in [-0.39, 0.29) is 147 Å². The molecule has 0 amide bonds. The maximum absolute atomic E-state index is 11.3. The van der Waals surface area contributed by atoms with Crippen LogP contribution in [0.5, 0.6) is 0 Å². The van der Waals surface area contributed by atoms with E-state index in [0.29, 0.717) is 12.5 Å². The Morgan fingerprint density at radius 2 is 1.38 bits per heavy atom. The summed E-state index contributed by atoms with van der Waals surface area (Å²) >= 11 is 0. The Morgan fingerprint density at radius 3 is 1.62 bits per heavy atom. The van der Waals surface area contributed by atoms with Crippen molar-refractivity contribution in [3.8, 4) is 0 Å². The molecule has 8 nitrogen and oxygen atoms in total. The number of ether oxygens (including phenoxy) is 1. The third-order valence-corrected chi connectivity index (χ3v) is 6.77. The van der Waals surface area contributed by atoms with Gasteiger partial charge in [-0.1, -0.05) is 65.0 Å². The fraction of sp³-hybridized carbons (Fsp3) is 0.615. The Balaban J connectivity index is -0.000000103. The minimum absolute atomic E-state index is 0. The van der Waals surface area contributed by atoms with E-state index in [9.17, 15) is 13.2 Å². The Hall–Kier alpha value is 1.04. The van der Waals surface area contributed by atoms with Crippen LogP contribution in [0.3, 0.4) is 0 Å². The van der Waals surface area contributed by atoms with Crippen LogP contribution in [0, 0.1) is 22.7 Å². The molecule has 0 bridgehead atoms. The molecule has 0 heterocycles. The molecule has 206 valence electrons. The predicted octanol–water partition coefficient (Wildman–Crippen LogP) is -1.34. The third-order valence-electron chi connectivity index (χ3n) is 6.21. The largest absolute Gasteiger partial charge is 1.00 e. The summed E-state index contributed by atoms with van der Waals surface area (Å²) in [6.07, 6.45) is 4.46. The molecule has 0 aliphatic heterocycles. The number of hydrogen-bond donors (Lipinski definition) is 0. The van der Waals surface area contributed by atoms with Crippen molar-refractivity contribution in [2.24, 2.45) is 22.7 Å². The topological polar surface area (TPSA) is 119 Å². The summed E-state index contributed by atoms with van der Waals surface area (Å²) in [4.78, 5) is 22.5. The molecule has 2 aliphatic carbocycles. The molecule has 2 atom stereocenters. The first-order valence-corrected chi connectivity index (χ1v) is 12.6. The van der Waals surface area contributed by atoms with Crippen LogP contribution in [0.1, 0.15) is 63.2 Å². The van der Waals surface area contributed by atoms with Crippen molar-refractivity contribution < 1.29 is 141 Å². The molecule has 37 heavy (non-hydrogen) atoms. The van der Waals surface area contributed by atoms with Crippen molar-refractivity contribution in [2.45, 2.75) is 61.8 Å². The number of carbonyl (C=O) groups excluding carboxylic acids is 2. The summed E-state index contributed by atoms with van der Waals surface area (Å²) in [5, 5.41) is 8.43. The van der Waals surface area contributed by atoms with E-state index in [2.05, 4.69) is 58.9 Å². The maximum Gasteiger partial charge on any atom is 1.00 e. The molecule has 2 fully saturated rings. The van der Waals surface area contributed by atoms with Crippen LogP contribution >= 0.6 is 0 Å². The molecule has 0 aromatic rings. The Kier molecular flexibility index (Phi) is 29.3. The molecule has 2 saturated carbocycles. The van der Waals surface area contributed by atoms with Crippen molar-refractivity contribution in [1.29, 1.82) is 0 Å². The number of hydrogen-bond acceptors (Lipinski definition) is 8. The number of carbonyl (C=O) groups is 2. The monoisotopic (exact) mass is 596 g/mol. The number of rotatable bonds is 7. The van der Waals surface area contributed by atoms with Crippen LogP contribution < -0.4 is 108 Å². The van der Waals surface area contributed by atoms with E-state index in [0.717, 1.165) is 24.7 Å². The minimum Gasteiger partial charge on any atom is -1.00 e. The minimum atomic E-state index is -3.29. The molecule has 0 N–H and O–H groups in total. The van der Waals surface area contributed by atoms with Crippen LogP contribution in [0.25, 0.3) is 0 Å². The normalized spacial score (nSPS) is 19.5. The molecular formula is C26H46K2O8S. The van der Waals surface area contributed by atoms with Crippen LogP contribution in [-0.4, -0.2) is 40.3 Å². The number of allylic oxidation sites excluding steroid dienone is 3. The molecule has 0 spiro atoms. The van der Waals surface area contributed by atoms with Crippen LogP contribution in [0.2, 0.25) is 0 Å². The molecule has 0 saturated heterocycles. The van der Waals surface area contributed by atoms with Crippen molar-refractivity contribution in [3.63, 3.8) is 0 Å². The summed E-state index contributed by atoms with van der Waals surface area (Å²) < 4.78 is 31.4. The van der Waals surface area contributed by atoms with Crippen molar-refractivity contribution in [1.82, 2.24) is 0 Å². The number of esters is 1. The zero-order valence-corrected chi connectivity index (χ0v) is 30.7. The van der Waals surface area contributed by atoms with Gasteiger partial charge < -0.3 is 16.3 Å². The van der Waals surface area contributed by atoms with Gasteiger partial charge in [-0.3, -0.25) is 8.98 Å². The molecule has 2 unspecified atom stereocenters. The first-order valence-electron chi connectivity index (χ1n) is 10.7. The first kappa shape index (κ1) is 47.8. The van der Waals surface area contributed by atoms with Gasteiger partial charge in [-0.15, -0.1) is 13.2 Å². The van der Waals surface area contributed by atoms with E-state index >= 15 is 0 Å². The average Bonchev–Trinajstić information content (AvgIpc) is 2.74. The van der Waals surface area contributed by atoms with E-state index in [1.807, 2.05) is 13.8 Å². The fourth-order valence-corrected chi connectivity index (χ4v) is 3.56. The molecule has 11 heteroatoms. The van der Waals surface area contributed by atoms with Gasteiger partial charge in [0.1, 0.15) is 0 Å². The molecule has 2 aliphatic rings. The van der Waals surface area contributed by atoms with Crippen LogP contribution in [-0.2, 0) is 33.5 Å². The van der Waals surface area contributed by atoms with Gasteiger partial charge in [-0.05, 0) is 43.4 Å². The van der Waals surface area contributed by atoms with Crippen molar-refractivity contribution in [2.75, 3.05) is 19.5 Å². The van der Waals surface area contributed by atoms with Gasteiger partial charge in [0.2, 0.25) is 0 Å². The van der Waals surface area contributed by atoms with Crippen molar-refractivity contribution >= 4 is 22.6 Å². The van der Waals surface area contributed by atoms with Gasteiger partial charge in [0, 0.05) is 12.0 Å². The Labute approximate surface area is 312 Å². The van der Waals surface area contributed by atoms with E-state index in [1.54, 1.807) is 0 Å². The zero-order valence-electron chi connectivity index (χ0n) is 24.6. The van der Waals surface area contributed by atoms with Gasteiger partial charge in [0.05, 0.1) is 19.5 Å². The Bertz CT molecular complexity index is 851. The molecular weight excluding hydrogens is 551 g/mol. The molecule has 0 radical (unpaired) electrons. The predicted molar refractivity (Wildman–Crippen MR) is 139 cm³/mol. The standard InChI is InChI=1S/C13H20O2.C9H16O3S.C2H4.CH2O3.CH4.2K.H/c1-9(2)6-12(14)15-8-11-7-10(3)13(11,4)5;1-7-5-8(9(7,2)3)6-12-13(4,10)11;1-2;2-1-4-3;;;;/h6,11H,3,7-8H2,1-2,4-5H3;8H,1,5-6H2,2-4H3;1-2H2;1,3H;1H4;;;/q;;;;;2*+1;-1/p-1. The van der Waals surface area contributed by atoms with Gasteiger partial charge in [0.15, 0.2) is 0 Å². The molecule has 0 aromatic carbocycles. The second-order valence-electron chi connectivity index (χ2n) is 9.49. The summed E-state index contributed by atoms with van der Waals surface area (Å²) in [5.74, 6) is 0.484. The second-order valence-corrected chi connectivity index (χ2v) is 11.1. The van der Waals surface area contributed by atoms with E-state index in [1.165, 1.54) is 17.2 Å².